The second kappa shape index (κ2) is 4.77. The fourth-order valence-corrected chi connectivity index (χ4v) is 2.58. The minimum atomic E-state index is -3.42. The van der Waals surface area contributed by atoms with Gasteiger partial charge in [0.15, 0.2) is 0 Å². The summed E-state index contributed by atoms with van der Waals surface area (Å²) in [5, 5.41) is 4.66. The molecule has 0 fully saturated rings. The third kappa shape index (κ3) is 4.43. The molecule has 0 bridgehead atoms. The first-order valence-electron chi connectivity index (χ1n) is 4.43. The summed E-state index contributed by atoms with van der Waals surface area (Å²) in [5.41, 5.74) is 0. The number of sulfonamides is 1. The van der Waals surface area contributed by atoms with Gasteiger partial charge >= 0.3 is 0 Å². The van der Waals surface area contributed by atoms with Crippen molar-refractivity contribution in [2.75, 3.05) is 0 Å². The average molecular weight is 205 g/mol. The summed E-state index contributed by atoms with van der Waals surface area (Å²) in [6.45, 7) is 9.29. The van der Waals surface area contributed by atoms with Crippen LogP contribution in [0.2, 0.25) is 0 Å². The zero-order chi connectivity index (χ0) is 10.6. The fourth-order valence-electron chi connectivity index (χ4n) is 1.25. The Labute approximate surface area is 81.1 Å². The van der Waals surface area contributed by atoms with E-state index in [1.165, 1.54) is 0 Å². The van der Waals surface area contributed by atoms with Crippen LogP contribution >= 0.6 is 0 Å². The highest BCUT2D eigenvalue weighted by Gasteiger charge is 2.25. The summed E-state index contributed by atoms with van der Waals surface area (Å²) in [5.74, 6) is 0.239. The molecule has 0 saturated carbocycles. The molecule has 0 aromatic rings. The molecule has 4 heteroatoms. The molecule has 3 nitrogen and oxygen atoms in total. The third-order valence-electron chi connectivity index (χ3n) is 2.17. The van der Waals surface area contributed by atoms with Crippen molar-refractivity contribution in [2.45, 2.75) is 32.4 Å². The van der Waals surface area contributed by atoms with Crippen LogP contribution in [0.3, 0.4) is 0 Å². The van der Waals surface area contributed by atoms with Crippen molar-refractivity contribution in [1.82, 2.24) is 0 Å². The van der Waals surface area contributed by atoms with Gasteiger partial charge in [-0.1, -0.05) is 26.8 Å². The summed E-state index contributed by atoms with van der Waals surface area (Å²) >= 11 is 0. The van der Waals surface area contributed by atoms with E-state index >= 15 is 0 Å². The van der Waals surface area contributed by atoms with Gasteiger partial charge in [-0.25, -0.2) is 13.6 Å². The molecule has 0 aliphatic rings. The molecular formula is C9H19NO2S. The summed E-state index contributed by atoms with van der Waals surface area (Å²) in [4.78, 5) is 0. The van der Waals surface area contributed by atoms with Gasteiger partial charge in [-0.2, -0.15) is 0 Å². The zero-order valence-corrected chi connectivity index (χ0v) is 9.34. The fraction of sp³-hybridized carbons (Fsp3) is 0.778. The lowest BCUT2D eigenvalue weighted by Crippen LogP contribution is -2.34. The number of hydrogen-bond acceptors (Lipinski definition) is 2. The molecule has 0 radical (unpaired) electrons. The molecule has 0 aliphatic heterocycles. The molecule has 0 saturated heterocycles. The van der Waals surface area contributed by atoms with Gasteiger partial charge in [-0.05, 0) is 18.3 Å². The molecule has 0 heterocycles. The van der Waals surface area contributed by atoms with E-state index in [0.717, 1.165) is 0 Å². The minimum Gasteiger partial charge on any atom is -0.228 e. The van der Waals surface area contributed by atoms with Crippen molar-refractivity contribution < 1.29 is 8.42 Å². The second-order valence-corrected chi connectivity index (χ2v) is 5.60. The first kappa shape index (κ1) is 12.7. The molecule has 2 N–H and O–H groups in total. The van der Waals surface area contributed by atoms with Crippen LogP contribution in [-0.4, -0.2) is 13.7 Å². The third-order valence-corrected chi connectivity index (χ3v) is 3.75. The van der Waals surface area contributed by atoms with Crippen LogP contribution in [0.15, 0.2) is 12.7 Å². The van der Waals surface area contributed by atoms with E-state index in [-0.39, 0.29) is 11.8 Å². The maximum Gasteiger partial charge on any atom is 0.212 e. The second-order valence-electron chi connectivity index (χ2n) is 3.82. The van der Waals surface area contributed by atoms with E-state index < -0.39 is 15.3 Å². The maximum atomic E-state index is 11.2. The van der Waals surface area contributed by atoms with E-state index in [4.69, 9.17) is 5.14 Å². The highest BCUT2D eigenvalue weighted by Crippen LogP contribution is 2.19. The standard InChI is InChI=1S/C9H19NO2S/c1-5-8(4)6-9(7(2)3)13(10,11)12/h5,7-9H,1,6H2,2-4H3,(H2,10,11,12)/t8-,9-/m0/s1. The Morgan fingerprint density at radius 3 is 2.08 bits per heavy atom. The number of hydrogen-bond donors (Lipinski definition) is 1. The Bertz CT molecular complexity index is 257. The highest BCUT2D eigenvalue weighted by atomic mass is 32.2. The summed E-state index contributed by atoms with van der Waals surface area (Å²) in [7, 11) is -3.42. The predicted octanol–water partition coefficient (Wildman–Crippen LogP) is 1.51. The Hall–Kier alpha value is -0.350. The maximum absolute atomic E-state index is 11.2. The van der Waals surface area contributed by atoms with Gasteiger partial charge in [0.2, 0.25) is 10.0 Å². The Kier molecular flexibility index (Phi) is 4.64. The number of primary sulfonamides is 1. The van der Waals surface area contributed by atoms with Crippen molar-refractivity contribution in [3.05, 3.63) is 12.7 Å². The van der Waals surface area contributed by atoms with Crippen molar-refractivity contribution in [1.29, 1.82) is 0 Å². The molecule has 0 aromatic carbocycles. The van der Waals surface area contributed by atoms with Gasteiger partial charge in [-0.15, -0.1) is 6.58 Å². The van der Waals surface area contributed by atoms with E-state index in [1.54, 1.807) is 6.08 Å². The highest BCUT2D eigenvalue weighted by molar-refractivity contribution is 7.89. The van der Waals surface area contributed by atoms with Gasteiger partial charge in [-0.3, -0.25) is 0 Å². The minimum absolute atomic E-state index is 0.0531. The lowest BCUT2D eigenvalue weighted by atomic mass is 9.99. The van der Waals surface area contributed by atoms with Crippen molar-refractivity contribution in [3.63, 3.8) is 0 Å². The normalized spacial score (nSPS) is 17.0. The van der Waals surface area contributed by atoms with Gasteiger partial charge in [0.1, 0.15) is 0 Å². The monoisotopic (exact) mass is 205 g/mol. The Morgan fingerprint density at radius 2 is 1.85 bits per heavy atom. The molecule has 0 aromatic heterocycles. The molecule has 0 amide bonds. The number of rotatable bonds is 5. The van der Waals surface area contributed by atoms with Gasteiger partial charge in [0, 0.05) is 0 Å². The average Bonchev–Trinajstić information content (AvgIpc) is 1.96. The SMILES string of the molecule is C=C[C@H](C)C[C@@H](C(C)C)S(N)(=O)=O. The zero-order valence-electron chi connectivity index (χ0n) is 8.53. The lowest BCUT2D eigenvalue weighted by Gasteiger charge is -2.20. The molecule has 0 rings (SSSR count). The molecule has 2 atom stereocenters. The van der Waals surface area contributed by atoms with Crippen molar-refractivity contribution in [2.24, 2.45) is 17.0 Å². The summed E-state index contributed by atoms with van der Waals surface area (Å²) in [6, 6.07) is 0. The van der Waals surface area contributed by atoms with Crippen LogP contribution < -0.4 is 5.14 Å². The molecule has 0 spiro atoms. The first-order valence-corrected chi connectivity index (χ1v) is 6.04. The van der Waals surface area contributed by atoms with Crippen LogP contribution in [0.1, 0.15) is 27.2 Å². The molecular weight excluding hydrogens is 186 g/mol. The number of nitrogens with two attached hydrogens (primary N) is 1. The van der Waals surface area contributed by atoms with Crippen LogP contribution in [-0.2, 0) is 10.0 Å². The van der Waals surface area contributed by atoms with Crippen molar-refractivity contribution >= 4 is 10.0 Å². The van der Waals surface area contributed by atoms with Crippen LogP contribution in [0, 0.1) is 11.8 Å². The molecule has 0 aliphatic carbocycles. The van der Waals surface area contributed by atoms with Crippen molar-refractivity contribution in [3.8, 4) is 0 Å². The van der Waals surface area contributed by atoms with E-state index in [2.05, 4.69) is 6.58 Å². The van der Waals surface area contributed by atoms with E-state index in [0.29, 0.717) is 6.42 Å². The van der Waals surface area contributed by atoms with Crippen LogP contribution in [0.25, 0.3) is 0 Å². The van der Waals surface area contributed by atoms with E-state index in [1.807, 2.05) is 20.8 Å². The Balaban J connectivity index is 4.55. The van der Waals surface area contributed by atoms with Gasteiger partial charge < -0.3 is 0 Å². The lowest BCUT2D eigenvalue weighted by molar-refractivity contribution is 0.479. The van der Waals surface area contributed by atoms with Crippen LogP contribution in [0.4, 0.5) is 0 Å². The smallest absolute Gasteiger partial charge is 0.212 e. The molecule has 0 unspecified atom stereocenters. The number of allylic oxidation sites excluding steroid dienone is 1. The Morgan fingerprint density at radius 1 is 1.38 bits per heavy atom. The topological polar surface area (TPSA) is 60.2 Å². The quantitative estimate of drug-likeness (QED) is 0.692. The molecule has 78 valence electrons. The largest absolute Gasteiger partial charge is 0.228 e. The van der Waals surface area contributed by atoms with E-state index in [9.17, 15) is 8.42 Å². The van der Waals surface area contributed by atoms with Gasteiger partial charge in [0.25, 0.3) is 0 Å². The van der Waals surface area contributed by atoms with Crippen LogP contribution in [0.5, 0.6) is 0 Å². The summed E-state index contributed by atoms with van der Waals surface area (Å²) in [6.07, 6.45) is 2.31. The predicted molar refractivity (Wildman–Crippen MR) is 55.7 cm³/mol. The summed E-state index contributed by atoms with van der Waals surface area (Å²) < 4.78 is 22.3. The van der Waals surface area contributed by atoms with Gasteiger partial charge in [0.05, 0.1) is 5.25 Å². The first-order chi connectivity index (χ1) is 5.79. The molecule has 13 heavy (non-hydrogen) atoms.